The molecule has 116 valence electrons. The van der Waals surface area contributed by atoms with Gasteiger partial charge in [-0.2, -0.15) is 0 Å². The molecule has 1 spiro atoms. The maximum absolute atomic E-state index is 5.91. The average molecular weight is 280 g/mol. The molecule has 1 N–H and O–H groups in total. The van der Waals surface area contributed by atoms with Crippen LogP contribution in [0, 0.1) is 5.41 Å². The normalized spacial score (nSPS) is 36.8. The minimum Gasteiger partial charge on any atom is -0.378 e. The minimum atomic E-state index is 0.323. The van der Waals surface area contributed by atoms with Crippen LogP contribution in [0.1, 0.15) is 59.3 Å². The molecule has 0 bridgehead atoms. The van der Waals surface area contributed by atoms with Crippen molar-refractivity contribution in [2.24, 2.45) is 5.41 Å². The van der Waals surface area contributed by atoms with Gasteiger partial charge < -0.3 is 10.1 Å². The summed E-state index contributed by atoms with van der Waals surface area (Å²) in [5, 5.41) is 3.86. The van der Waals surface area contributed by atoms with Gasteiger partial charge in [-0.25, -0.2) is 0 Å². The summed E-state index contributed by atoms with van der Waals surface area (Å²) in [5.74, 6) is 0. The summed E-state index contributed by atoms with van der Waals surface area (Å²) < 4.78 is 5.91. The monoisotopic (exact) mass is 280 g/mol. The number of hydrogen-bond donors (Lipinski definition) is 1. The smallest absolute Gasteiger partial charge is 0.0655 e. The summed E-state index contributed by atoms with van der Waals surface area (Å²) in [6.07, 6.45) is 8.72. The molecule has 3 aliphatic rings. The Balaban J connectivity index is 1.63. The van der Waals surface area contributed by atoms with E-state index in [-0.39, 0.29) is 0 Å². The van der Waals surface area contributed by atoms with E-state index in [2.05, 4.69) is 31.0 Å². The number of nitrogens with one attached hydrogen (secondary N) is 1. The van der Waals surface area contributed by atoms with Crippen molar-refractivity contribution in [3.63, 3.8) is 0 Å². The highest BCUT2D eigenvalue weighted by molar-refractivity contribution is 5.07. The summed E-state index contributed by atoms with van der Waals surface area (Å²) >= 11 is 0. The van der Waals surface area contributed by atoms with Crippen molar-refractivity contribution in [1.82, 2.24) is 10.2 Å². The van der Waals surface area contributed by atoms with Gasteiger partial charge in [0.15, 0.2) is 0 Å². The average Bonchev–Trinajstić information content (AvgIpc) is 2.44. The van der Waals surface area contributed by atoms with Gasteiger partial charge >= 0.3 is 0 Å². The summed E-state index contributed by atoms with van der Waals surface area (Å²) in [7, 11) is 0. The number of piperazine rings is 1. The predicted octanol–water partition coefficient (Wildman–Crippen LogP) is 2.80. The highest BCUT2D eigenvalue weighted by Crippen LogP contribution is 2.47. The fourth-order valence-corrected chi connectivity index (χ4v) is 4.79. The standard InChI is InChI=1S/C17H32N2O/c1-4-20-15-12-14(16(15,2)3)19-11-10-18-17(13-19)8-6-5-7-9-17/h14-15,18H,4-13H2,1-3H3. The number of hydrogen-bond acceptors (Lipinski definition) is 3. The van der Waals surface area contributed by atoms with Crippen LogP contribution in [0.5, 0.6) is 0 Å². The maximum atomic E-state index is 5.91. The van der Waals surface area contributed by atoms with E-state index in [1.165, 1.54) is 58.2 Å². The van der Waals surface area contributed by atoms with Crippen LogP contribution >= 0.6 is 0 Å². The Hall–Kier alpha value is -0.120. The summed E-state index contributed by atoms with van der Waals surface area (Å²) in [5.41, 5.74) is 0.756. The number of nitrogens with zero attached hydrogens (tertiary/aromatic N) is 1. The van der Waals surface area contributed by atoms with Crippen molar-refractivity contribution >= 4 is 0 Å². The Morgan fingerprint density at radius 3 is 2.60 bits per heavy atom. The van der Waals surface area contributed by atoms with Gasteiger partial charge in [0.05, 0.1) is 6.10 Å². The SMILES string of the molecule is CCOC1CC(N2CCNC3(CCCCC3)C2)C1(C)C. The van der Waals surface area contributed by atoms with E-state index in [9.17, 15) is 0 Å². The Morgan fingerprint density at radius 2 is 1.95 bits per heavy atom. The Kier molecular flexibility index (Phi) is 4.13. The third-order valence-electron chi connectivity index (χ3n) is 6.15. The van der Waals surface area contributed by atoms with Crippen LogP contribution in [0.2, 0.25) is 0 Å². The van der Waals surface area contributed by atoms with Crippen molar-refractivity contribution in [1.29, 1.82) is 0 Å². The molecular weight excluding hydrogens is 248 g/mol. The second kappa shape index (κ2) is 5.58. The van der Waals surface area contributed by atoms with Gasteiger partial charge in [-0.15, -0.1) is 0 Å². The molecule has 2 unspecified atom stereocenters. The second-order valence-electron chi connectivity index (χ2n) is 7.76. The van der Waals surface area contributed by atoms with Crippen LogP contribution in [0.4, 0.5) is 0 Å². The zero-order valence-corrected chi connectivity index (χ0v) is 13.6. The summed E-state index contributed by atoms with van der Waals surface area (Å²) in [4.78, 5) is 2.78. The van der Waals surface area contributed by atoms with Crippen LogP contribution in [-0.4, -0.2) is 48.8 Å². The molecule has 3 fully saturated rings. The predicted molar refractivity (Wildman–Crippen MR) is 83.0 cm³/mol. The van der Waals surface area contributed by atoms with Gasteiger partial charge in [0.25, 0.3) is 0 Å². The molecule has 0 aromatic rings. The topological polar surface area (TPSA) is 24.5 Å². The first-order valence-electron chi connectivity index (χ1n) is 8.68. The molecule has 2 saturated carbocycles. The molecule has 0 amide bonds. The Labute approximate surface area is 124 Å². The third kappa shape index (κ3) is 2.53. The lowest BCUT2D eigenvalue weighted by atomic mass is 9.63. The zero-order valence-electron chi connectivity index (χ0n) is 13.6. The van der Waals surface area contributed by atoms with Gasteiger partial charge in [0, 0.05) is 43.2 Å². The molecule has 0 aromatic heterocycles. The Bertz CT molecular complexity index is 330. The van der Waals surface area contributed by atoms with E-state index in [1.807, 2.05) is 0 Å². The molecule has 0 radical (unpaired) electrons. The van der Waals surface area contributed by atoms with Gasteiger partial charge in [-0.05, 0) is 26.2 Å². The highest BCUT2D eigenvalue weighted by atomic mass is 16.5. The van der Waals surface area contributed by atoms with Gasteiger partial charge in [0.2, 0.25) is 0 Å². The second-order valence-corrected chi connectivity index (χ2v) is 7.76. The minimum absolute atomic E-state index is 0.323. The molecular formula is C17H32N2O. The molecule has 2 aliphatic carbocycles. The number of rotatable bonds is 3. The molecule has 0 aromatic carbocycles. The van der Waals surface area contributed by atoms with E-state index < -0.39 is 0 Å². The Morgan fingerprint density at radius 1 is 1.20 bits per heavy atom. The van der Waals surface area contributed by atoms with E-state index in [4.69, 9.17) is 4.74 Å². The fraction of sp³-hybridized carbons (Fsp3) is 1.00. The van der Waals surface area contributed by atoms with Gasteiger partial charge in [-0.3, -0.25) is 4.90 Å². The first kappa shape index (κ1) is 14.8. The van der Waals surface area contributed by atoms with E-state index in [1.54, 1.807) is 0 Å². The lowest BCUT2D eigenvalue weighted by molar-refractivity contribution is -0.158. The van der Waals surface area contributed by atoms with Crippen LogP contribution in [-0.2, 0) is 4.74 Å². The molecule has 2 atom stereocenters. The quantitative estimate of drug-likeness (QED) is 0.860. The maximum Gasteiger partial charge on any atom is 0.0655 e. The van der Waals surface area contributed by atoms with Crippen LogP contribution in [0.25, 0.3) is 0 Å². The first-order chi connectivity index (χ1) is 9.57. The van der Waals surface area contributed by atoms with Crippen molar-refractivity contribution in [3.8, 4) is 0 Å². The molecule has 3 nitrogen and oxygen atoms in total. The summed E-state index contributed by atoms with van der Waals surface area (Å²) in [6, 6.07) is 0.722. The molecule has 1 heterocycles. The van der Waals surface area contributed by atoms with Crippen LogP contribution < -0.4 is 5.32 Å². The molecule has 20 heavy (non-hydrogen) atoms. The largest absolute Gasteiger partial charge is 0.378 e. The molecule has 3 heteroatoms. The van der Waals surface area contributed by atoms with Crippen LogP contribution in [0.3, 0.4) is 0 Å². The van der Waals surface area contributed by atoms with E-state index in [0.717, 1.165) is 12.6 Å². The van der Waals surface area contributed by atoms with Gasteiger partial charge in [-0.1, -0.05) is 33.1 Å². The van der Waals surface area contributed by atoms with Crippen molar-refractivity contribution in [2.75, 3.05) is 26.2 Å². The lowest BCUT2D eigenvalue weighted by Crippen LogP contribution is -2.69. The van der Waals surface area contributed by atoms with Crippen molar-refractivity contribution < 1.29 is 4.74 Å². The first-order valence-corrected chi connectivity index (χ1v) is 8.68. The summed E-state index contributed by atoms with van der Waals surface area (Å²) in [6.45, 7) is 11.4. The third-order valence-corrected chi connectivity index (χ3v) is 6.15. The van der Waals surface area contributed by atoms with Crippen molar-refractivity contribution in [2.45, 2.75) is 77.0 Å². The van der Waals surface area contributed by atoms with Crippen LogP contribution in [0.15, 0.2) is 0 Å². The molecule has 1 saturated heterocycles. The van der Waals surface area contributed by atoms with Crippen molar-refractivity contribution in [3.05, 3.63) is 0 Å². The van der Waals surface area contributed by atoms with Gasteiger partial charge in [0.1, 0.15) is 0 Å². The fourth-order valence-electron chi connectivity index (χ4n) is 4.79. The zero-order chi connectivity index (χ0) is 14.2. The highest BCUT2D eigenvalue weighted by Gasteiger charge is 2.53. The lowest BCUT2D eigenvalue weighted by Gasteiger charge is -2.59. The number of ether oxygens (including phenoxy) is 1. The molecule has 1 aliphatic heterocycles. The van der Waals surface area contributed by atoms with E-state index >= 15 is 0 Å². The molecule has 3 rings (SSSR count). The van der Waals surface area contributed by atoms with E-state index in [0.29, 0.717) is 17.1 Å².